The smallest absolute Gasteiger partial charge is 0.423 e. The maximum absolute atomic E-state index is 13.0. The molecule has 0 aliphatic rings. The summed E-state index contributed by atoms with van der Waals surface area (Å²) >= 11 is 3.13. The van der Waals surface area contributed by atoms with Crippen LogP contribution < -0.4 is 11.2 Å². The van der Waals surface area contributed by atoms with Gasteiger partial charge in [0.05, 0.1) is 9.85 Å². The lowest BCUT2D eigenvalue weighted by molar-refractivity contribution is -0.385. The van der Waals surface area contributed by atoms with Gasteiger partial charge in [0.1, 0.15) is 17.5 Å². The third-order valence-electron chi connectivity index (χ3n) is 6.43. The number of nitro groups is 2. The molecule has 0 aromatic heterocycles. The number of halogens is 4. The first-order valence-electron chi connectivity index (χ1n) is 14.5. The molecule has 4 N–H and O–H groups in total. The van der Waals surface area contributed by atoms with E-state index in [9.17, 15) is 33.4 Å². The van der Waals surface area contributed by atoms with E-state index >= 15 is 0 Å². The predicted molar refractivity (Wildman–Crippen MR) is 246 cm³/mol. The van der Waals surface area contributed by atoms with Crippen molar-refractivity contribution in [1.82, 2.24) is 0 Å². The van der Waals surface area contributed by atoms with Crippen molar-refractivity contribution in [3.63, 3.8) is 0 Å². The highest BCUT2D eigenvalue weighted by molar-refractivity contribution is 9.10. The summed E-state index contributed by atoms with van der Waals surface area (Å²) in [5.74, 6) is -1.06. The van der Waals surface area contributed by atoms with Crippen molar-refractivity contribution in [2.24, 2.45) is 0 Å². The highest BCUT2D eigenvalue weighted by Crippen LogP contribution is 2.24. The third-order valence-corrected chi connectivity index (χ3v) is 6.92. The molecule has 0 bridgehead atoms. The molecule has 6 rings (SSSR count). The molecule has 0 aliphatic heterocycles. The number of nitrogen functional groups attached to an aromatic ring is 1. The first-order valence-corrected chi connectivity index (χ1v) is 15.2. The summed E-state index contributed by atoms with van der Waals surface area (Å²) in [5.41, 5.74) is 9.64. The van der Waals surface area contributed by atoms with Gasteiger partial charge in [0, 0.05) is 34.4 Å². The number of nitrogens with two attached hydrogens (primary N) is 1. The summed E-state index contributed by atoms with van der Waals surface area (Å²) in [5, 5.41) is 37.8. The van der Waals surface area contributed by atoms with Gasteiger partial charge < -0.3 is 15.8 Å². The van der Waals surface area contributed by atoms with Crippen LogP contribution >= 0.6 is 15.9 Å². The molecule has 0 spiro atoms. The Labute approximate surface area is 352 Å². The molecule has 6 aromatic rings. The fourth-order valence-corrected chi connectivity index (χ4v) is 4.50. The van der Waals surface area contributed by atoms with E-state index in [-0.39, 0.29) is 87.9 Å². The quantitative estimate of drug-likeness (QED) is 0.0674. The van der Waals surface area contributed by atoms with E-state index in [1.165, 1.54) is 66.7 Å². The number of rotatable bonds is 5. The zero-order chi connectivity index (χ0) is 36.6. The van der Waals surface area contributed by atoms with Gasteiger partial charge in [-0.05, 0) is 82.3 Å². The van der Waals surface area contributed by atoms with Crippen molar-refractivity contribution in [3.8, 4) is 22.3 Å². The van der Waals surface area contributed by atoms with Gasteiger partial charge >= 0.3 is 7.12 Å². The summed E-state index contributed by atoms with van der Waals surface area (Å²) in [4.78, 5) is 19.8. The van der Waals surface area contributed by atoms with Crippen LogP contribution in [-0.2, 0) is 0 Å². The summed E-state index contributed by atoms with van der Waals surface area (Å²) < 4.78 is 38.9. The second kappa shape index (κ2) is 32.3. The minimum absolute atomic E-state index is 0. The topological polar surface area (TPSA) is 153 Å². The summed E-state index contributed by atoms with van der Waals surface area (Å²) in [7, 11) is -1.59. The third kappa shape index (κ3) is 22.1. The van der Waals surface area contributed by atoms with Gasteiger partial charge in [-0.15, -0.1) is 0 Å². The van der Waals surface area contributed by atoms with Gasteiger partial charge in [-0.1, -0.05) is 142 Å². The number of nitrogens with zero attached hydrogens (tertiary/aromatic N) is 2. The molecule has 0 saturated carbocycles. The van der Waals surface area contributed by atoms with Crippen LogP contribution in [0.25, 0.3) is 22.3 Å². The average Bonchev–Trinajstić information content (AvgIpc) is 3.09. The fourth-order valence-electron chi connectivity index (χ4n) is 4.11. The van der Waals surface area contributed by atoms with Gasteiger partial charge in [-0.25, -0.2) is 13.2 Å². The maximum Gasteiger partial charge on any atom is 0.488 e. The Morgan fingerprint density at radius 2 is 0.828 bits per heavy atom. The molecule has 0 radical (unpaired) electrons. The lowest BCUT2D eigenvalue weighted by Gasteiger charge is -2.02. The molecule has 58 heavy (non-hydrogen) atoms. The van der Waals surface area contributed by atoms with E-state index in [1.54, 1.807) is 42.5 Å². The van der Waals surface area contributed by atoms with Crippen LogP contribution in [0.3, 0.4) is 0 Å². The van der Waals surface area contributed by atoms with Crippen molar-refractivity contribution in [1.29, 1.82) is 0 Å². The van der Waals surface area contributed by atoms with Gasteiger partial charge in [-0.3, -0.25) is 20.2 Å². The molecule has 318 valence electrons. The number of hydrogen-bond donors (Lipinski definition) is 3. The number of anilines is 1. The number of benzene rings is 6. The highest BCUT2D eigenvalue weighted by Gasteiger charge is 2.10. The second-order valence-corrected chi connectivity index (χ2v) is 11.0. The van der Waals surface area contributed by atoms with Crippen LogP contribution in [0.1, 0.15) is 59.4 Å². The molecule has 0 unspecified atom stereocenters. The van der Waals surface area contributed by atoms with E-state index in [0.717, 1.165) is 21.7 Å². The van der Waals surface area contributed by atoms with Crippen molar-refractivity contribution >= 4 is 45.6 Å². The molecule has 0 aliphatic carbocycles. The number of nitro benzene ring substituents is 2. The van der Waals surface area contributed by atoms with Crippen LogP contribution in [0.15, 0.2) is 150 Å². The van der Waals surface area contributed by atoms with Crippen LogP contribution in [0.2, 0.25) is 0 Å². The van der Waals surface area contributed by atoms with E-state index in [4.69, 9.17) is 15.8 Å². The lowest BCUT2D eigenvalue weighted by Crippen LogP contribution is -2.29. The van der Waals surface area contributed by atoms with E-state index < -0.39 is 22.8 Å². The maximum atomic E-state index is 13.0. The Morgan fingerprint density at radius 3 is 1.17 bits per heavy atom. The minimum atomic E-state index is -1.59. The van der Waals surface area contributed by atoms with Gasteiger partial charge in [0.2, 0.25) is 0 Å². The summed E-state index contributed by atoms with van der Waals surface area (Å²) in [6, 6.07) is 37.4. The SMILES string of the molecule is C.C.C.C.C.C.C.C.Nc1cccc(-c2cccc(F)c2)c1.O=[N+]([O-])c1cccc(-c2cccc(F)c2)c1.O=[N+]([O-])c1cccc(Br)c1.OB(O)c1cccc(F)c1. The summed E-state index contributed by atoms with van der Waals surface area (Å²) in [6.07, 6.45) is 0. The Morgan fingerprint density at radius 1 is 0.483 bits per heavy atom. The van der Waals surface area contributed by atoms with Crippen molar-refractivity contribution in [2.45, 2.75) is 59.4 Å². The molecule has 0 heterocycles. The molecular formula is C44H60BBrF3N3O6. The Kier molecular flexibility index (Phi) is 35.7. The van der Waals surface area contributed by atoms with Crippen LogP contribution in [0, 0.1) is 37.7 Å². The normalized spacial score (nSPS) is 8.45. The number of non-ortho nitro benzene ring substituents is 2. The first kappa shape index (κ1) is 64.1. The molecule has 0 saturated heterocycles. The minimum Gasteiger partial charge on any atom is -0.423 e. The van der Waals surface area contributed by atoms with E-state index in [1.807, 2.05) is 30.3 Å². The monoisotopic (exact) mass is 873 g/mol. The molecule has 0 fully saturated rings. The van der Waals surface area contributed by atoms with Crippen LogP contribution in [0.5, 0.6) is 0 Å². The van der Waals surface area contributed by atoms with Crippen molar-refractivity contribution < 1.29 is 33.1 Å². The largest absolute Gasteiger partial charge is 0.488 e. The lowest BCUT2D eigenvalue weighted by atomic mass is 9.80. The van der Waals surface area contributed by atoms with Crippen LogP contribution in [0.4, 0.5) is 30.2 Å². The first-order chi connectivity index (χ1) is 23.8. The molecular weight excluding hydrogens is 814 g/mol. The highest BCUT2D eigenvalue weighted by atomic mass is 79.9. The Hall–Kier alpha value is -5.83. The molecule has 14 heteroatoms. The molecule has 6 aromatic carbocycles. The zero-order valence-electron chi connectivity index (χ0n) is 25.9. The average molecular weight is 875 g/mol. The number of hydrogen-bond acceptors (Lipinski definition) is 7. The molecule has 0 amide bonds. The summed E-state index contributed by atoms with van der Waals surface area (Å²) in [6.45, 7) is 0. The van der Waals surface area contributed by atoms with E-state index in [0.29, 0.717) is 16.8 Å². The van der Waals surface area contributed by atoms with Crippen LogP contribution in [-0.4, -0.2) is 27.0 Å². The van der Waals surface area contributed by atoms with Crippen molar-refractivity contribution in [3.05, 3.63) is 188 Å². The van der Waals surface area contributed by atoms with Gasteiger partial charge in [0.25, 0.3) is 11.4 Å². The Balaban J connectivity index is -0.000000151. The molecule has 0 atom stereocenters. The fraction of sp³-hybridized carbons (Fsp3) is 0.182. The zero-order valence-corrected chi connectivity index (χ0v) is 27.5. The predicted octanol–water partition coefficient (Wildman–Crippen LogP) is 13.4. The van der Waals surface area contributed by atoms with Crippen molar-refractivity contribution in [2.75, 3.05) is 5.73 Å². The molecule has 9 nitrogen and oxygen atoms in total. The second-order valence-electron chi connectivity index (χ2n) is 10.1. The Bertz CT molecular complexity index is 2020. The van der Waals surface area contributed by atoms with E-state index in [2.05, 4.69) is 15.9 Å². The standard InChI is InChI=1S/C12H8FNO2.C12H10FN.C6H6BFO2.C6H4BrNO2.8CH4/c13-11-5-1-3-9(7-11)10-4-2-6-12(8-10)14(15)16;13-11-5-1-3-9(7-11)10-4-2-6-12(14)8-10;8-6-3-1-2-5(4-6)7(9)10;7-5-2-1-3-6(4-5)8(9)10;;;;;;;;/h1-8H;1-8H,14H2;1-4,9-10H;1-4H;8*1H4. The van der Waals surface area contributed by atoms with Gasteiger partial charge in [-0.2, -0.15) is 0 Å². The van der Waals surface area contributed by atoms with Gasteiger partial charge in [0.15, 0.2) is 0 Å².